The van der Waals surface area contributed by atoms with Crippen molar-refractivity contribution in [1.82, 2.24) is 5.06 Å². The molecule has 0 aromatic rings. The van der Waals surface area contributed by atoms with Crippen LogP contribution in [0.3, 0.4) is 0 Å². The first kappa shape index (κ1) is 10.9. The van der Waals surface area contributed by atoms with Crippen LogP contribution in [-0.4, -0.2) is 24.8 Å². The van der Waals surface area contributed by atoms with Crippen LogP contribution < -0.4 is 0 Å². The Morgan fingerprint density at radius 2 is 2.09 bits per heavy atom. The zero-order valence-electron chi connectivity index (χ0n) is 8.26. The van der Waals surface area contributed by atoms with Crippen LogP contribution in [-0.2, 0) is 4.84 Å². The van der Waals surface area contributed by atoms with Gasteiger partial charge in [-0.25, -0.2) is 0 Å². The predicted octanol–water partition coefficient (Wildman–Crippen LogP) is 2.31. The van der Waals surface area contributed by atoms with E-state index in [1.54, 1.807) is 0 Å². The topological polar surface area (TPSA) is 12.5 Å². The number of nitrogens with zero attached hydrogens (tertiary/aromatic N) is 1. The van der Waals surface area contributed by atoms with Crippen LogP contribution >= 0.6 is 0 Å². The minimum absolute atomic E-state index is 0.733. The number of hydrogen-bond acceptors (Lipinski definition) is 2. The molecule has 0 spiro atoms. The van der Waals surface area contributed by atoms with Crippen molar-refractivity contribution in [2.24, 2.45) is 5.92 Å². The summed E-state index contributed by atoms with van der Waals surface area (Å²) < 4.78 is 0. The van der Waals surface area contributed by atoms with E-state index in [2.05, 4.69) is 18.9 Å². The van der Waals surface area contributed by atoms with Gasteiger partial charge in [-0.3, -0.25) is 4.84 Å². The molecule has 68 valence electrons. The van der Waals surface area contributed by atoms with Crippen LogP contribution in [0.25, 0.3) is 0 Å². The maximum atomic E-state index is 5.34. The first-order valence-corrected chi connectivity index (χ1v) is 4.70. The van der Waals surface area contributed by atoms with E-state index in [1.807, 2.05) is 13.8 Å². The summed E-state index contributed by atoms with van der Waals surface area (Å²) in [5.74, 6) is 0.733. The molecule has 1 heterocycles. The third-order valence-electron chi connectivity index (χ3n) is 1.53. The first-order chi connectivity index (χ1) is 5.33. The molecule has 0 amide bonds. The molecule has 1 atom stereocenters. The molecule has 0 aromatic heterocycles. The lowest BCUT2D eigenvalue weighted by Gasteiger charge is -2.10. The van der Waals surface area contributed by atoms with Crippen molar-refractivity contribution >= 4 is 0 Å². The van der Waals surface area contributed by atoms with Gasteiger partial charge in [-0.15, -0.1) is 0 Å². The molecule has 1 unspecified atom stereocenters. The highest BCUT2D eigenvalue weighted by molar-refractivity contribution is 4.60. The van der Waals surface area contributed by atoms with Gasteiger partial charge >= 0.3 is 0 Å². The summed E-state index contributed by atoms with van der Waals surface area (Å²) >= 11 is 0. The molecule has 0 aliphatic carbocycles. The van der Waals surface area contributed by atoms with Gasteiger partial charge < -0.3 is 0 Å². The normalized spacial score (nSPS) is 24.5. The van der Waals surface area contributed by atoms with E-state index in [1.165, 1.54) is 6.42 Å². The fraction of sp³-hybridized carbons (Fsp3) is 1.00. The van der Waals surface area contributed by atoms with Gasteiger partial charge in [0, 0.05) is 13.1 Å². The van der Waals surface area contributed by atoms with Gasteiger partial charge in [0.1, 0.15) is 0 Å². The van der Waals surface area contributed by atoms with Crippen LogP contribution in [0.4, 0.5) is 0 Å². The highest BCUT2D eigenvalue weighted by atomic mass is 16.7. The van der Waals surface area contributed by atoms with Gasteiger partial charge in [0.15, 0.2) is 0 Å². The number of rotatable bonds is 2. The van der Waals surface area contributed by atoms with E-state index in [-0.39, 0.29) is 0 Å². The number of hydroxylamine groups is 2. The molecule has 0 aromatic carbocycles. The minimum atomic E-state index is 0.733. The molecule has 1 saturated heterocycles. The van der Waals surface area contributed by atoms with Gasteiger partial charge in [-0.05, 0) is 12.3 Å². The Morgan fingerprint density at radius 1 is 1.45 bits per heavy atom. The second-order valence-electron chi connectivity index (χ2n) is 2.79. The first-order valence-electron chi connectivity index (χ1n) is 4.70. The second-order valence-corrected chi connectivity index (χ2v) is 2.79. The maximum absolute atomic E-state index is 5.34. The molecular formula is C9H21NO. The van der Waals surface area contributed by atoms with Gasteiger partial charge in [0.25, 0.3) is 0 Å². The van der Waals surface area contributed by atoms with Crippen LogP contribution in [0.1, 0.15) is 34.1 Å². The van der Waals surface area contributed by atoms with Crippen LogP contribution in [0, 0.1) is 5.92 Å². The van der Waals surface area contributed by atoms with Gasteiger partial charge in [0.2, 0.25) is 0 Å². The van der Waals surface area contributed by atoms with E-state index in [0.717, 1.165) is 25.6 Å². The summed E-state index contributed by atoms with van der Waals surface area (Å²) in [6.45, 7) is 11.5. The molecule has 0 radical (unpaired) electrons. The summed E-state index contributed by atoms with van der Waals surface area (Å²) in [6.07, 6.45) is 1.19. The summed E-state index contributed by atoms with van der Waals surface area (Å²) in [5, 5.41) is 2.06. The van der Waals surface area contributed by atoms with Crippen molar-refractivity contribution in [2.75, 3.05) is 19.7 Å². The molecule has 0 N–H and O–H groups in total. The Morgan fingerprint density at radius 3 is 2.45 bits per heavy atom. The molecular weight excluding hydrogens is 138 g/mol. The molecule has 2 nitrogen and oxygen atoms in total. The van der Waals surface area contributed by atoms with Gasteiger partial charge in [-0.1, -0.05) is 27.7 Å². The van der Waals surface area contributed by atoms with Crippen molar-refractivity contribution in [2.45, 2.75) is 34.1 Å². The molecule has 1 rings (SSSR count). The second kappa shape index (κ2) is 6.62. The Bertz CT molecular complexity index is 83.6. The molecule has 2 heteroatoms. The maximum Gasteiger partial charge on any atom is 0.0723 e. The van der Waals surface area contributed by atoms with Crippen molar-refractivity contribution < 1.29 is 4.84 Å². The smallest absolute Gasteiger partial charge is 0.0723 e. The fourth-order valence-electron chi connectivity index (χ4n) is 1.09. The van der Waals surface area contributed by atoms with Crippen molar-refractivity contribution in [1.29, 1.82) is 0 Å². The highest BCUT2D eigenvalue weighted by Gasteiger charge is 2.17. The zero-order chi connectivity index (χ0) is 8.69. The van der Waals surface area contributed by atoms with Crippen LogP contribution in [0.15, 0.2) is 0 Å². The summed E-state index contributed by atoms with van der Waals surface area (Å²) in [7, 11) is 0. The quantitative estimate of drug-likeness (QED) is 0.613. The minimum Gasteiger partial charge on any atom is -0.299 e. The third kappa shape index (κ3) is 4.38. The van der Waals surface area contributed by atoms with Crippen molar-refractivity contribution in [3.63, 3.8) is 0 Å². The van der Waals surface area contributed by atoms with Crippen molar-refractivity contribution in [3.05, 3.63) is 0 Å². The van der Waals surface area contributed by atoms with Gasteiger partial charge in [-0.2, -0.15) is 5.06 Å². The standard InChI is InChI=1S/C7H15NO.C2H6/c1-3-4-8-5-7(2)6-9-8;1-2/h7H,3-6H2,1-2H3;1-2H3. The summed E-state index contributed by atoms with van der Waals surface area (Å²) in [4.78, 5) is 5.34. The SMILES string of the molecule is CC.CCCN1CC(C)CO1. The molecule has 1 aliphatic rings. The molecule has 0 saturated carbocycles. The molecule has 1 aliphatic heterocycles. The van der Waals surface area contributed by atoms with E-state index >= 15 is 0 Å². The van der Waals surface area contributed by atoms with Crippen molar-refractivity contribution in [3.8, 4) is 0 Å². The highest BCUT2D eigenvalue weighted by Crippen LogP contribution is 2.10. The lowest BCUT2D eigenvalue weighted by atomic mass is 10.2. The average Bonchev–Trinajstić information content (AvgIpc) is 2.41. The average molecular weight is 159 g/mol. The Hall–Kier alpha value is -0.0800. The monoisotopic (exact) mass is 159 g/mol. The third-order valence-corrected chi connectivity index (χ3v) is 1.53. The lowest BCUT2D eigenvalue weighted by molar-refractivity contribution is -0.109. The zero-order valence-corrected chi connectivity index (χ0v) is 8.26. The largest absolute Gasteiger partial charge is 0.299 e. The van der Waals surface area contributed by atoms with E-state index < -0.39 is 0 Å². The summed E-state index contributed by atoms with van der Waals surface area (Å²) in [6, 6.07) is 0. The fourth-order valence-corrected chi connectivity index (χ4v) is 1.09. The van der Waals surface area contributed by atoms with E-state index in [0.29, 0.717) is 0 Å². The molecule has 11 heavy (non-hydrogen) atoms. The van der Waals surface area contributed by atoms with E-state index in [9.17, 15) is 0 Å². The van der Waals surface area contributed by atoms with E-state index in [4.69, 9.17) is 4.84 Å². The van der Waals surface area contributed by atoms with Crippen LogP contribution in [0.2, 0.25) is 0 Å². The Kier molecular flexibility index (Phi) is 6.57. The summed E-state index contributed by atoms with van der Waals surface area (Å²) in [5.41, 5.74) is 0. The van der Waals surface area contributed by atoms with Gasteiger partial charge in [0.05, 0.1) is 6.61 Å². The predicted molar refractivity (Wildman–Crippen MR) is 48.3 cm³/mol. The Balaban J connectivity index is 0.000000461. The Labute approximate surface area is 70.5 Å². The number of hydrogen-bond donors (Lipinski definition) is 0. The lowest BCUT2D eigenvalue weighted by Crippen LogP contribution is -2.19. The molecule has 0 bridgehead atoms. The van der Waals surface area contributed by atoms with Crippen LogP contribution in [0.5, 0.6) is 0 Å². The molecule has 1 fully saturated rings.